The number of rotatable bonds is 5. The van der Waals surface area contributed by atoms with Gasteiger partial charge in [0.15, 0.2) is 0 Å². The molecule has 0 amide bonds. The van der Waals surface area contributed by atoms with Crippen LogP contribution in [0.1, 0.15) is 50.7 Å². The molecule has 3 aliphatic rings. The summed E-state index contributed by atoms with van der Waals surface area (Å²) >= 11 is 0. The predicted molar refractivity (Wildman–Crippen MR) is 116 cm³/mol. The molecule has 0 N–H and O–H groups in total. The monoisotopic (exact) mass is 409 g/mol. The molecule has 160 valence electrons. The van der Waals surface area contributed by atoms with Gasteiger partial charge in [0.1, 0.15) is 11.5 Å². The van der Waals surface area contributed by atoms with Gasteiger partial charge in [-0.25, -0.2) is 0 Å². The first kappa shape index (κ1) is 19.8. The van der Waals surface area contributed by atoms with Crippen molar-refractivity contribution in [1.82, 2.24) is 9.80 Å². The lowest BCUT2D eigenvalue weighted by molar-refractivity contribution is -0.384. The van der Waals surface area contributed by atoms with Gasteiger partial charge < -0.3 is 4.42 Å². The van der Waals surface area contributed by atoms with Crippen LogP contribution in [0, 0.1) is 16.0 Å². The van der Waals surface area contributed by atoms with E-state index in [1.54, 1.807) is 12.1 Å². The lowest BCUT2D eigenvalue weighted by atomic mass is 9.78. The van der Waals surface area contributed by atoms with Crippen LogP contribution in [-0.4, -0.2) is 46.4 Å². The third-order valence-corrected chi connectivity index (χ3v) is 7.40. The lowest BCUT2D eigenvalue weighted by Crippen LogP contribution is -2.59. The van der Waals surface area contributed by atoms with Crippen LogP contribution in [0.15, 0.2) is 40.8 Å². The molecule has 1 aliphatic carbocycles. The van der Waals surface area contributed by atoms with E-state index in [1.807, 2.05) is 18.2 Å². The molecule has 2 aliphatic heterocycles. The third-order valence-electron chi connectivity index (χ3n) is 7.40. The number of hydrogen-bond donors (Lipinski definition) is 0. The van der Waals surface area contributed by atoms with Crippen LogP contribution in [-0.2, 0) is 6.54 Å². The Bertz CT molecular complexity index is 889. The van der Waals surface area contributed by atoms with E-state index < -0.39 is 0 Å². The highest BCUT2D eigenvalue weighted by atomic mass is 16.6. The second-order valence-corrected chi connectivity index (χ2v) is 9.18. The Morgan fingerprint density at radius 3 is 2.70 bits per heavy atom. The van der Waals surface area contributed by atoms with E-state index in [4.69, 9.17) is 4.42 Å². The smallest absolute Gasteiger partial charge is 0.270 e. The highest BCUT2D eigenvalue weighted by Crippen LogP contribution is 2.38. The molecule has 1 aromatic heterocycles. The summed E-state index contributed by atoms with van der Waals surface area (Å²) in [5.74, 6) is 2.47. The molecule has 5 rings (SSSR count). The molecule has 1 saturated carbocycles. The zero-order valence-corrected chi connectivity index (χ0v) is 17.5. The number of nitro benzene ring substituents is 1. The van der Waals surface area contributed by atoms with Crippen molar-refractivity contribution in [3.05, 3.63) is 52.3 Å². The Labute approximate surface area is 178 Å². The molecule has 2 aromatic rings. The molecule has 2 saturated heterocycles. The van der Waals surface area contributed by atoms with Gasteiger partial charge in [-0.3, -0.25) is 19.9 Å². The zero-order chi connectivity index (χ0) is 20.5. The molecular weight excluding hydrogens is 378 g/mol. The maximum atomic E-state index is 11.1. The van der Waals surface area contributed by atoms with Crippen LogP contribution in [0.25, 0.3) is 11.3 Å². The van der Waals surface area contributed by atoms with Crippen molar-refractivity contribution in [2.24, 2.45) is 5.92 Å². The van der Waals surface area contributed by atoms with E-state index in [-0.39, 0.29) is 10.6 Å². The van der Waals surface area contributed by atoms with Crippen molar-refractivity contribution >= 4 is 5.69 Å². The molecule has 6 heteroatoms. The molecule has 3 heterocycles. The minimum Gasteiger partial charge on any atom is -0.460 e. The van der Waals surface area contributed by atoms with Gasteiger partial charge in [-0.05, 0) is 50.3 Å². The fraction of sp³-hybridized carbons (Fsp3) is 0.583. The molecule has 0 radical (unpaired) electrons. The molecule has 1 aromatic carbocycles. The summed E-state index contributed by atoms with van der Waals surface area (Å²) in [5.41, 5.74) is 0.861. The predicted octanol–water partition coefficient (Wildman–Crippen LogP) is 5.08. The summed E-state index contributed by atoms with van der Waals surface area (Å²) in [6.07, 6.45) is 9.53. The van der Waals surface area contributed by atoms with Crippen molar-refractivity contribution in [1.29, 1.82) is 0 Å². The van der Waals surface area contributed by atoms with E-state index in [0.29, 0.717) is 17.8 Å². The van der Waals surface area contributed by atoms with Gasteiger partial charge in [0, 0.05) is 42.9 Å². The van der Waals surface area contributed by atoms with Crippen molar-refractivity contribution in [2.75, 3.05) is 19.6 Å². The average Bonchev–Trinajstić information content (AvgIpc) is 3.44. The molecule has 3 fully saturated rings. The van der Waals surface area contributed by atoms with Gasteiger partial charge in [-0.2, -0.15) is 0 Å². The third kappa shape index (κ3) is 3.91. The van der Waals surface area contributed by atoms with Crippen molar-refractivity contribution in [3.8, 4) is 11.3 Å². The molecule has 0 spiro atoms. The topological polar surface area (TPSA) is 62.8 Å². The average molecular weight is 410 g/mol. The molecule has 30 heavy (non-hydrogen) atoms. The first-order valence-electron chi connectivity index (χ1n) is 11.5. The minimum atomic E-state index is -0.358. The molecule has 6 nitrogen and oxygen atoms in total. The summed E-state index contributed by atoms with van der Waals surface area (Å²) in [6, 6.07) is 12.0. The normalized spacial score (nSPS) is 26.0. The van der Waals surface area contributed by atoms with Gasteiger partial charge in [0.25, 0.3) is 5.69 Å². The molecule has 0 bridgehead atoms. The van der Waals surface area contributed by atoms with Crippen LogP contribution >= 0.6 is 0 Å². The zero-order valence-electron chi connectivity index (χ0n) is 17.5. The number of piperazine rings is 1. The standard InChI is InChI=1S/C24H31N3O3/c28-27(29)20-9-4-8-19(16-20)23-12-11-21(30-23)17-26-15-14-25-13-5-10-22(25)24(26)18-6-2-1-3-7-18/h4,8-9,11-12,16,18,22,24H,1-3,5-7,10,13-15,17H2/t22-,24-/m1/s1. The van der Waals surface area contributed by atoms with Crippen LogP contribution in [0.4, 0.5) is 5.69 Å². The fourth-order valence-electron chi connectivity index (χ4n) is 6.03. The van der Waals surface area contributed by atoms with Crippen LogP contribution < -0.4 is 0 Å². The van der Waals surface area contributed by atoms with E-state index in [2.05, 4.69) is 9.80 Å². The van der Waals surface area contributed by atoms with Crippen LogP contribution in [0.5, 0.6) is 0 Å². The summed E-state index contributed by atoms with van der Waals surface area (Å²) in [6.45, 7) is 4.36. The number of nitrogens with zero attached hydrogens (tertiary/aromatic N) is 3. The van der Waals surface area contributed by atoms with Crippen LogP contribution in [0.2, 0.25) is 0 Å². The maximum Gasteiger partial charge on any atom is 0.270 e. The Morgan fingerprint density at radius 1 is 1.00 bits per heavy atom. The van der Waals surface area contributed by atoms with Gasteiger partial charge in [-0.1, -0.05) is 31.4 Å². The quantitative estimate of drug-likeness (QED) is 0.509. The number of fused-ring (bicyclic) bond motifs is 1. The van der Waals surface area contributed by atoms with E-state index in [1.165, 1.54) is 57.6 Å². The van der Waals surface area contributed by atoms with E-state index >= 15 is 0 Å². The first-order chi connectivity index (χ1) is 14.7. The Hall–Kier alpha value is -2.18. The first-order valence-corrected chi connectivity index (χ1v) is 11.5. The van der Waals surface area contributed by atoms with Crippen molar-refractivity contribution < 1.29 is 9.34 Å². The summed E-state index contributed by atoms with van der Waals surface area (Å²) < 4.78 is 6.18. The Morgan fingerprint density at radius 2 is 1.87 bits per heavy atom. The molecular formula is C24H31N3O3. The van der Waals surface area contributed by atoms with E-state index in [9.17, 15) is 10.1 Å². The van der Waals surface area contributed by atoms with Gasteiger partial charge in [-0.15, -0.1) is 0 Å². The van der Waals surface area contributed by atoms with Crippen LogP contribution in [0.3, 0.4) is 0 Å². The maximum absolute atomic E-state index is 11.1. The largest absolute Gasteiger partial charge is 0.460 e. The van der Waals surface area contributed by atoms with Gasteiger partial charge in [0.2, 0.25) is 0 Å². The number of benzene rings is 1. The van der Waals surface area contributed by atoms with Gasteiger partial charge >= 0.3 is 0 Å². The fourth-order valence-corrected chi connectivity index (χ4v) is 6.03. The Balaban J connectivity index is 1.35. The number of furan rings is 1. The number of nitro groups is 1. The highest BCUT2D eigenvalue weighted by molar-refractivity contribution is 5.61. The second-order valence-electron chi connectivity index (χ2n) is 9.18. The summed E-state index contributed by atoms with van der Waals surface area (Å²) in [7, 11) is 0. The van der Waals surface area contributed by atoms with Crippen molar-refractivity contribution in [3.63, 3.8) is 0 Å². The summed E-state index contributed by atoms with van der Waals surface area (Å²) in [4.78, 5) is 16.1. The van der Waals surface area contributed by atoms with E-state index in [0.717, 1.165) is 36.9 Å². The minimum absolute atomic E-state index is 0.0974. The highest BCUT2D eigenvalue weighted by Gasteiger charge is 2.43. The Kier molecular flexibility index (Phi) is 5.61. The molecule has 0 unspecified atom stereocenters. The number of hydrogen-bond acceptors (Lipinski definition) is 5. The SMILES string of the molecule is O=[N+]([O-])c1cccc(-c2ccc(CN3CCN4CCC[C@@H]4[C@H]3C3CCCCC3)o2)c1. The van der Waals surface area contributed by atoms with Crippen molar-refractivity contribution in [2.45, 2.75) is 63.6 Å². The van der Waals surface area contributed by atoms with Gasteiger partial charge in [0.05, 0.1) is 11.5 Å². The summed E-state index contributed by atoms with van der Waals surface area (Å²) in [5, 5.41) is 11.1. The molecule has 2 atom stereocenters. The lowest BCUT2D eigenvalue weighted by Gasteiger charge is -2.49. The second kappa shape index (κ2) is 8.52. The number of non-ortho nitro benzene ring substituents is 1.